The van der Waals surface area contributed by atoms with E-state index in [1.54, 1.807) is 4.90 Å². The minimum absolute atomic E-state index is 0.120. The van der Waals surface area contributed by atoms with E-state index in [2.05, 4.69) is 10.6 Å². The summed E-state index contributed by atoms with van der Waals surface area (Å²) in [5.74, 6) is -1.47. The molecule has 1 aliphatic carbocycles. The van der Waals surface area contributed by atoms with Crippen molar-refractivity contribution in [2.24, 2.45) is 5.92 Å². The van der Waals surface area contributed by atoms with Crippen molar-refractivity contribution in [1.82, 2.24) is 10.2 Å². The first-order valence-electron chi connectivity index (χ1n) is 10.3. The fourth-order valence-electron chi connectivity index (χ4n) is 4.71. The second-order valence-corrected chi connectivity index (χ2v) is 8.28. The van der Waals surface area contributed by atoms with Gasteiger partial charge in [-0.1, -0.05) is 31.4 Å². The fourth-order valence-corrected chi connectivity index (χ4v) is 4.71. The van der Waals surface area contributed by atoms with Crippen molar-refractivity contribution in [3.8, 4) is 0 Å². The van der Waals surface area contributed by atoms with Crippen LogP contribution in [0.4, 0.5) is 5.69 Å². The molecular formula is C22H27N3O4. The highest BCUT2D eigenvalue weighted by molar-refractivity contribution is 6.23. The van der Waals surface area contributed by atoms with Gasteiger partial charge in [0.2, 0.25) is 5.91 Å². The Labute approximate surface area is 170 Å². The van der Waals surface area contributed by atoms with Gasteiger partial charge in [0.1, 0.15) is 11.3 Å². The number of aliphatic hydroxyl groups excluding tert-OH is 1. The quantitative estimate of drug-likeness (QED) is 0.683. The maximum absolute atomic E-state index is 12.7. The van der Waals surface area contributed by atoms with E-state index in [1.165, 1.54) is 44.6 Å². The number of likely N-dealkylation sites (tertiary alicyclic amines) is 1. The summed E-state index contributed by atoms with van der Waals surface area (Å²) in [5.41, 5.74) is 1.59. The molecule has 0 aromatic heterocycles. The normalized spacial score (nSPS) is 24.9. The summed E-state index contributed by atoms with van der Waals surface area (Å²) in [5, 5.41) is 16.1. The van der Waals surface area contributed by atoms with Crippen LogP contribution >= 0.6 is 0 Å². The Morgan fingerprint density at radius 1 is 1.10 bits per heavy atom. The molecule has 2 aliphatic heterocycles. The van der Waals surface area contributed by atoms with Crippen LogP contribution in [0.3, 0.4) is 0 Å². The Morgan fingerprint density at radius 3 is 2.45 bits per heavy atom. The zero-order valence-corrected chi connectivity index (χ0v) is 16.6. The second kappa shape index (κ2) is 7.89. The molecule has 2 atom stereocenters. The molecule has 2 heterocycles. The van der Waals surface area contributed by atoms with Crippen molar-refractivity contribution in [2.75, 3.05) is 18.4 Å². The molecule has 2 fully saturated rings. The predicted molar refractivity (Wildman–Crippen MR) is 108 cm³/mol. The molecule has 0 radical (unpaired) electrons. The number of benzene rings is 1. The molecule has 2 unspecified atom stereocenters. The van der Waals surface area contributed by atoms with Crippen LogP contribution in [-0.4, -0.2) is 46.9 Å². The zero-order chi connectivity index (χ0) is 20.5. The molecule has 29 heavy (non-hydrogen) atoms. The van der Waals surface area contributed by atoms with Crippen molar-refractivity contribution in [3.63, 3.8) is 0 Å². The summed E-state index contributed by atoms with van der Waals surface area (Å²) < 4.78 is 0. The molecule has 1 saturated heterocycles. The van der Waals surface area contributed by atoms with Gasteiger partial charge < -0.3 is 20.6 Å². The van der Waals surface area contributed by atoms with Crippen molar-refractivity contribution in [2.45, 2.75) is 51.0 Å². The van der Waals surface area contributed by atoms with E-state index in [-0.39, 0.29) is 23.3 Å². The molecule has 3 N–H and O–H groups in total. The lowest BCUT2D eigenvalue weighted by molar-refractivity contribution is -0.128. The summed E-state index contributed by atoms with van der Waals surface area (Å²) in [4.78, 5) is 38.3. The number of rotatable bonds is 3. The number of carbonyl (C=O) groups is 3. The van der Waals surface area contributed by atoms with Crippen LogP contribution in [0.15, 0.2) is 35.6 Å². The van der Waals surface area contributed by atoms with Crippen molar-refractivity contribution in [3.05, 3.63) is 41.2 Å². The number of nitrogens with one attached hydrogen (secondary N) is 2. The monoisotopic (exact) mass is 397 g/mol. The number of fused-ring (bicyclic) bond motifs is 1. The molecule has 1 saturated carbocycles. The topological polar surface area (TPSA) is 98.7 Å². The first-order valence-corrected chi connectivity index (χ1v) is 10.3. The van der Waals surface area contributed by atoms with Gasteiger partial charge in [-0.15, -0.1) is 0 Å². The molecule has 0 bridgehead atoms. The molecule has 154 valence electrons. The number of anilines is 1. The van der Waals surface area contributed by atoms with Crippen LogP contribution < -0.4 is 10.6 Å². The first-order chi connectivity index (χ1) is 13.9. The van der Waals surface area contributed by atoms with Crippen LogP contribution in [0.5, 0.6) is 0 Å². The van der Waals surface area contributed by atoms with Crippen LogP contribution in [0.2, 0.25) is 0 Å². The van der Waals surface area contributed by atoms with Gasteiger partial charge in [0.25, 0.3) is 11.8 Å². The van der Waals surface area contributed by atoms with E-state index in [0.29, 0.717) is 24.7 Å². The Balaban J connectivity index is 1.47. The number of aliphatic hydroxyl groups is 1. The lowest BCUT2D eigenvalue weighted by Gasteiger charge is -2.26. The largest absolute Gasteiger partial charge is 0.511 e. The Hall–Kier alpha value is -2.83. The van der Waals surface area contributed by atoms with Gasteiger partial charge in [-0.25, -0.2) is 0 Å². The third kappa shape index (κ3) is 3.86. The molecule has 0 spiro atoms. The number of hydrogen-bond acceptors (Lipinski definition) is 4. The minimum Gasteiger partial charge on any atom is -0.511 e. The van der Waals surface area contributed by atoms with Crippen molar-refractivity contribution >= 4 is 23.4 Å². The lowest BCUT2D eigenvalue weighted by Crippen LogP contribution is -2.48. The number of amides is 3. The third-order valence-electron chi connectivity index (χ3n) is 6.39. The highest BCUT2D eigenvalue weighted by atomic mass is 16.3. The fraction of sp³-hybridized carbons (Fsp3) is 0.500. The van der Waals surface area contributed by atoms with E-state index in [4.69, 9.17) is 0 Å². The third-order valence-corrected chi connectivity index (χ3v) is 6.39. The standard InChI is InChI=1S/C22H27N3O4/c1-13(26)25-11-17-18(12-25)24-22(29)19(20(17)27)21(28)23-16-9-7-15(8-10-16)14-5-3-2-4-6-14/h7-10,14,17-18,27H,2-6,11-12H2,1H3,(H,23,28)(H,24,29). The molecular weight excluding hydrogens is 370 g/mol. The van der Waals surface area contributed by atoms with Gasteiger partial charge in [0, 0.05) is 25.7 Å². The van der Waals surface area contributed by atoms with Crippen LogP contribution in [0.25, 0.3) is 0 Å². The van der Waals surface area contributed by atoms with Gasteiger partial charge >= 0.3 is 0 Å². The maximum atomic E-state index is 12.7. The summed E-state index contributed by atoms with van der Waals surface area (Å²) in [6, 6.07) is 7.38. The van der Waals surface area contributed by atoms with Gasteiger partial charge in [-0.05, 0) is 36.5 Å². The highest BCUT2D eigenvalue weighted by Crippen LogP contribution is 2.33. The van der Waals surface area contributed by atoms with Crippen molar-refractivity contribution < 1.29 is 19.5 Å². The molecule has 3 aliphatic rings. The molecule has 1 aromatic carbocycles. The summed E-state index contributed by atoms with van der Waals surface area (Å²) in [6.07, 6.45) is 6.22. The van der Waals surface area contributed by atoms with Gasteiger partial charge in [0.05, 0.1) is 12.0 Å². The van der Waals surface area contributed by atoms with E-state index in [0.717, 1.165) is 0 Å². The first kappa shape index (κ1) is 19.5. The summed E-state index contributed by atoms with van der Waals surface area (Å²) >= 11 is 0. The highest BCUT2D eigenvalue weighted by Gasteiger charge is 2.44. The van der Waals surface area contributed by atoms with Gasteiger partial charge in [-0.2, -0.15) is 0 Å². The van der Waals surface area contributed by atoms with E-state index >= 15 is 0 Å². The average molecular weight is 397 g/mol. The number of carbonyl (C=O) groups excluding carboxylic acids is 3. The summed E-state index contributed by atoms with van der Waals surface area (Å²) in [7, 11) is 0. The Kier molecular flexibility index (Phi) is 5.30. The van der Waals surface area contributed by atoms with Crippen LogP contribution in [-0.2, 0) is 14.4 Å². The second-order valence-electron chi connectivity index (χ2n) is 8.28. The number of nitrogens with zero attached hydrogens (tertiary/aromatic N) is 1. The molecule has 7 nitrogen and oxygen atoms in total. The molecule has 4 rings (SSSR count). The number of hydrogen-bond donors (Lipinski definition) is 3. The van der Waals surface area contributed by atoms with Crippen LogP contribution in [0.1, 0.15) is 50.5 Å². The summed E-state index contributed by atoms with van der Waals surface area (Å²) in [6.45, 7) is 2.08. The van der Waals surface area contributed by atoms with Gasteiger partial charge in [0.15, 0.2) is 0 Å². The van der Waals surface area contributed by atoms with Crippen LogP contribution in [0, 0.1) is 5.92 Å². The average Bonchev–Trinajstić information content (AvgIpc) is 3.14. The lowest BCUT2D eigenvalue weighted by atomic mass is 9.84. The smallest absolute Gasteiger partial charge is 0.264 e. The van der Waals surface area contributed by atoms with E-state index in [1.807, 2.05) is 24.3 Å². The SMILES string of the molecule is CC(=O)N1CC2NC(=O)C(C(=O)Nc3ccc(C4CCCCC4)cc3)=C(O)C2C1. The maximum Gasteiger partial charge on any atom is 0.264 e. The molecule has 3 amide bonds. The Bertz CT molecular complexity index is 855. The predicted octanol–water partition coefficient (Wildman–Crippen LogP) is 2.46. The van der Waals surface area contributed by atoms with E-state index < -0.39 is 17.7 Å². The Morgan fingerprint density at radius 2 is 1.79 bits per heavy atom. The zero-order valence-electron chi connectivity index (χ0n) is 16.6. The van der Waals surface area contributed by atoms with E-state index in [9.17, 15) is 19.5 Å². The molecule has 7 heteroatoms. The molecule has 1 aromatic rings. The minimum atomic E-state index is -0.634. The van der Waals surface area contributed by atoms with Gasteiger partial charge in [-0.3, -0.25) is 14.4 Å². The van der Waals surface area contributed by atoms with Crippen molar-refractivity contribution in [1.29, 1.82) is 0 Å².